The van der Waals surface area contributed by atoms with Crippen molar-refractivity contribution in [3.05, 3.63) is 0 Å². The van der Waals surface area contributed by atoms with Crippen molar-refractivity contribution in [2.75, 3.05) is 5.75 Å². The SMILES string of the molecule is CCCC(CC(C)SCCCC(F)(F)C(F)(F)C(F)(F)F)C(=O)O. The number of halogens is 7. The minimum absolute atomic E-state index is 0.0524. The van der Waals surface area contributed by atoms with Gasteiger partial charge in [0.1, 0.15) is 0 Å². The number of carbonyl (C=O) groups is 1. The lowest BCUT2D eigenvalue weighted by atomic mass is 9.98. The molecule has 2 atom stereocenters. The third kappa shape index (κ3) is 6.68. The zero-order valence-corrected chi connectivity index (χ0v) is 14.1. The van der Waals surface area contributed by atoms with Crippen LogP contribution in [0.2, 0.25) is 0 Å². The summed E-state index contributed by atoms with van der Waals surface area (Å²) in [7, 11) is 0. The molecule has 1 N–H and O–H groups in total. The van der Waals surface area contributed by atoms with Gasteiger partial charge < -0.3 is 5.11 Å². The average Bonchev–Trinajstić information content (AvgIpc) is 2.41. The Kier molecular flexibility index (Phi) is 8.89. The van der Waals surface area contributed by atoms with E-state index in [0.29, 0.717) is 12.8 Å². The molecule has 2 unspecified atom stereocenters. The van der Waals surface area contributed by atoms with Crippen molar-refractivity contribution >= 4 is 17.7 Å². The van der Waals surface area contributed by atoms with Crippen LogP contribution >= 0.6 is 11.8 Å². The van der Waals surface area contributed by atoms with E-state index in [1.54, 1.807) is 6.92 Å². The number of aliphatic carboxylic acids is 1. The fourth-order valence-corrected chi connectivity index (χ4v) is 3.18. The van der Waals surface area contributed by atoms with E-state index in [0.717, 1.165) is 11.8 Å². The van der Waals surface area contributed by atoms with Crippen LogP contribution in [0.4, 0.5) is 30.7 Å². The lowest BCUT2D eigenvalue weighted by molar-refractivity contribution is -0.355. The predicted octanol–water partition coefficient (Wildman–Crippen LogP) is 5.61. The van der Waals surface area contributed by atoms with Crippen LogP contribution in [0.5, 0.6) is 0 Å². The summed E-state index contributed by atoms with van der Waals surface area (Å²) in [6.45, 7) is 3.48. The molecule has 0 aliphatic heterocycles. The Balaban J connectivity index is 4.36. The molecule has 24 heavy (non-hydrogen) atoms. The van der Waals surface area contributed by atoms with Gasteiger partial charge in [-0.1, -0.05) is 20.3 Å². The lowest BCUT2D eigenvalue weighted by Gasteiger charge is -2.28. The number of alkyl halides is 7. The van der Waals surface area contributed by atoms with Crippen LogP contribution in [-0.2, 0) is 4.79 Å². The molecule has 10 heteroatoms. The van der Waals surface area contributed by atoms with Gasteiger partial charge in [-0.05, 0) is 25.0 Å². The molecular weight excluding hydrogens is 365 g/mol. The first-order valence-electron chi connectivity index (χ1n) is 7.43. The first-order valence-corrected chi connectivity index (χ1v) is 8.48. The predicted molar refractivity (Wildman–Crippen MR) is 77.8 cm³/mol. The van der Waals surface area contributed by atoms with Gasteiger partial charge in [0.25, 0.3) is 0 Å². The smallest absolute Gasteiger partial charge is 0.459 e. The summed E-state index contributed by atoms with van der Waals surface area (Å²) in [5.74, 6) is -12.8. The first-order chi connectivity index (χ1) is 10.8. The summed E-state index contributed by atoms with van der Waals surface area (Å²) in [5, 5.41) is 8.77. The normalized spacial score (nSPS) is 16.0. The molecule has 144 valence electrons. The molecule has 0 rings (SSSR count). The fraction of sp³-hybridized carbons (Fsp3) is 0.929. The van der Waals surface area contributed by atoms with Crippen LogP contribution < -0.4 is 0 Å². The van der Waals surface area contributed by atoms with Crippen molar-refractivity contribution in [2.24, 2.45) is 5.92 Å². The number of thioether (sulfide) groups is 1. The highest BCUT2D eigenvalue weighted by Gasteiger charge is 2.72. The summed E-state index contributed by atoms with van der Waals surface area (Å²) < 4.78 is 87.5. The Hall–Kier alpha value is -0.670. The van der Waals surface area contributed by atoms with E-state index in [-0.39, 0.29) is 17.4 Å². The highest BCUT2D eigenvalue weighted by Crippen LogP contribution is 2.48. The fourth-order valence-electron chi connectivity index (χ4n) is 2.10. The first kappa shape index (κ1) is 23.3. The maximum Gasteiger partial charge on any atom is 0.459 e. The van der Waals surface area contributed by atoms with Crippen molar-refractivity contribution < 1.29 is 40.6 Å². The van der Waals surface area contributed by atoms with Crippen LogP contribution in [0.1, 0.15) is 46.0 Å². The second-order valence-corrected chi connectivity index (χ2v) is 7.17. The van der Waals surface area contributed by atoms with Crippen LogP contribution in [0.15, 0.2) is 0 Å². The van der Waals surface area contributed by atoms with Gasteiger partial charge in [-0.25, -0.2) is 0 Å². The number of rotatable bonds is 11. The van der Waals surface area contributed by atoms with Crippen molar-refractivity contribution in [3.8, 4) is 0 Å². The van der Waals surface area contributed by atoms with Gasteiger partial charge in [0.15, 0.2) is 0 Å². The maximum atomic E-state index is 13.1. The van der Waals surface area contributed by atoms with Gasteiger partial charge in [0.2, 0.25) is 0 Å². The number of carboxylic acid groups (broad SMARTS) is 1. The molecule has 0 saturated heterocycles. The zero-order valence-electron chi connectivity index (χ0n) is 13.3. The minimum atomic E-state index is -6.30. The van der Waals surface area contributed by atoms with Crippen molar-refractivity contribution in [3.63, 3.8) is 0 Å². The topological polar surface area (TPSA) is 37.3 Å². The number of hydrogen-bond donors (Lipinski definition) is 1. The summed E-state index contributed by atoms with van der Waals surface area (Å²) in [5.41, 5.74) is 0. The molecule has 0 spiro atoms. The minimum Gasteiger partial charge on any atom is -0.481 e. The van der Waals surface area contributed by atoms with E-state index in [1.807, 2.05) is 6.92 Å². The Bertz CT molecular complexity index is 399. The third-order valence-electron chi connectivity index (χ3n) is 3.46. The molecule has 0 aromatic carbocycles. The quantitative estimate of drug-likeness (QED) is 0.370. The molecule has 0 aliphatic carbocycles. The molecule has 0 bridgehead atoms. The molecule has 0 amide bonds. The van der Waals surface area contributed by atoms with Gasteiger partial charge in [0, 0.05) is 11.7 Å². The molecule has 0 fully saturated rings. The second-order valence-electron chi connectivity index (χ2n) is 5.62. The van der Waals surface area contributed by atoms with Gasteiger partial charge in [0.05, 0.1) is 5.92 Å². The molecular formula is C14H21F7O2S. The Labute approximate surface area is 140 Å². The van der Waals surface area contributed by atoms with Gasteiger partial charge in [-0.2, -0.15) is 42.5 Å². The van der Waals surface area contributed by atoms with Crippen LogP contribution in [0.3, 0.4) is 0 Å². The van der Waals surface area contributed by atoms with Crippen LogP contribution in [-0.4, -0.2) is 40.1 Å². The monoisotopic (exact) mass is 386 g/mol. The lowest BCUT2D eigenvalue weighted by Crippen LogP contribution is -2.51. The molecule has 0 aliphatic rings. The maximum absolute atomic E-state index is 13.1. The molecule has 2 nitrogen and oxygen atoms in total. The van der Waals surface area contributed by atoms with Crippen molar-refractivity contribution in [1.82, 2.24) is 0 Å². The summed E-state index contributed by atoms with van der Waals surface area (Å²) in [6, 6.07) is 0. The van der Waals surface area contributed by atoms with E-state index >= 15 is 0 Å². The van der Waals surface area contributed by atoms with Gasteiger partial charge in [-0.15, -0.1) is 0 Å². The molecule has 0 saturated carbocycles. The van der Waals surface area contributed by atoms with Crippen molar-refractivity contribution in [1.29, 1.82) is 0 Å². The van der Waals surface area contributed by atoms with Crippen molar-refractivity contribution in [2.45, 2.75) is 69.2 Å². The molecule has 0 aromatic rings. The Morgan fingerprint density at radius 2 is 1.67 bits per heavy atom. The number of hydrogen-bond acceptors (Lipinski definition) is 2. The van der Waals surface area contributed by atoms with Crippen LogP contribution in [0, 0.1) is 5.92 Å². The summed E-state index contributed by atoms with van der Waals surface area (Å²) in [4.78, 5) is 11.0. The van der Waals surface area contributed by atoms with E-state index < -0.39 is 42.8 Å². The average molecular weight is 386 g/mol. The zero-order chi connectivity index (χ0) is 19.2. The Morgan fingerprint density at radius 1 is 1.12 bits per heavy atom. The molecule has 0 radical (unpaired) electrons. The second kappa shape index (κ2) is 9.15. The Morgan fingerprint density at radius 3 is 2.08 bits per heavy atom. The number of carboxylic acids is 1. The third-order valence-corrected chi connectivity index (χ3v) is 4.74. The largest absolute Gasteiger partial charge is 0.481 e. The highest BCUT2D eigenvalue weighted by molar-refractivity contribution is 7.99. The van der Waals surface area contributed by atoms with Gasteiger partial charge >= 0.3 is 24.0 Å². The highest BCUT2D eigenvalue weighted by atomic mass is 32.2. The molecule has 0 aromatic heterocycles. The van der Waals surface area contributed by atoms with E-state index in [9.17, 15) is 35.5 Å². The standard InChI is InChI=1S/C14H21F7O2S/c1-3-5-10(11(22)23)8-9(2)24-7-4-6-12(15,16)13(17,18)14(19,20)21/h9-10H,3-8H2,1-2H3,(H,22,23). The van der Waals surface area contributed by atoms with E-state index in [2.05, 4.69) is 0 Å². The molecule has 0 heterocycles. The van der Waals surface area contributed by atoms with E-state index in [1.165, 1.54) is 0 Å². The van der Waals surface area contributed by atoms with E-state index in [4.69, 9.17) is 5.11 Å². The summed E-state index contributed by atoms with van der Waals surface area (Å²) >= 11 is 1.08. The van der Waals surface area contributed by atoms with Gasteiger partial charge in [-0.3, -0.25) is 4.79 Å². The summed E-state index contributed by atoms with van der Waals surface area (Å²) in [6.07, 6.45) is -7.02. The van der Waals surface area contributed by atoms with Crippen LogP contribution in [0.25, 0.3) is 0 Å².